The molecule has 170 valence electrons. The minimum atomic E-state index is -0.469. The molecule has 0 heterocycles. The van der Waals surface area contributed by atoms with E-state index in [0.29, 0.717) is 12.2 Å². The summed E-state index contributed by atoms with van der Waals surface area (Å²) in [5.41, 5.74) is 6.98. The maximum atomic E-state index is 11.9. The van der Waals surface area contributed by atoms with Crippen LogP contribution in [0.15, 0.2) is 54.6 Å². The minimum absolute atomic E-state index is 0.0692. The van der Waals surface area contributed by atoms with Crippen molar-refractivity contribution >= 4 is 35.1 Å². The lowest BCUT2D eigenvalue weighted by atomic mass is 10.2. The number of carbonyl (C=O) groups is 3. The zero-order chi connectivity index (χ0) is 23.2. The molecular formula is C23H27N3O5S. The number of hydrazine groups is 1. The first-order chi connectivity index (χ1) is 15.5. The fourth-order valence-corrected chi connectivity index (χ4v) is 2.73. The largest absolute Gasteiger partial charge is 0.484 e. The van der Waals surface area contributed by atoms with Gasteiger partial charge in [-0.1, -0.05) is 49.4 Å². The quantitative estimate of drug-likeness (QED) is 0.285. The van der Waals surface area contributed by atoms with Gasteiger partial charge in [0.25, 0.3) is 5.91 Å². The van der Waals surface area contributed by atoms with Gasteiger partial charge in [0.05, 0.1) is 13.0 Å². The van der Waals surface area contributed by atoms with Gasteiger partial charge in [-0.2, -0.15) is 0 Å². The molecule has 2 amide bonds. The van der Waals surface area contributed by atoms with Gasteiger partial charge in [0.2, 0.25) is 5.91 Å². The number of rotatable bonds is 10. The Morgan fingerprint density at radius 3 is 2.28 bits per heavy atom. The molecule has 0 atom stereocenters. The lowest BCUT2D eigenvalue weighted by Gasteiger charge is -2.11. The molecule has 0 unspecified atom stereocenters. The highest BCUT2D eigenvalue weighted by molar-refractivity contribution is 7.80. The molecule has 0 saturated carbocycles. The number of benzene rings is 2. The molecule has 3 N–H and O–H groups in total. The zero-order valence-electron chi connectivity index (χ0n) is 17.9. The van der Waals surface area contributed by atoms with Crippen molar-refractivity contribution in [3.63, 3.8) is 0 Å². The van der Waals surface area contributed by atoms with Crippen LogP contribution in [0.5, 0.6) is 5.75 Å². The van der Waals surface area contributed by atoms with Gasteiger partial charge in [0.15, 0.2) is 11.7 Å². The smallest absolute Gasteiger partial charge is 0.306 e. The lowest BCUT2D eigenvalue weighted by molar-refractivity contribution is -0.144. The van der Waals surface area contributed by atoms with E-state index in [-0.39, 0.29) is 31.2 Å². The summed E-state index contributed by atoms with van der Waals surface area (Å²) in [6.07, 6.45) is 1.38. The molecule has 32 heavy (non-hydrogen) atoms. The van der Waals surface area contributed by atoms with Crippen molar-refractivity contribution < 1.29 is 23.9 Å². The predicted octanol–water partition coefficient (Wildman–Crippen LogP) is 2.22. The van der Waals surface area contributed by atoms with E-state index in [4.69, 9.17) is 21.7 Å². The van der Waals surface area contributed by atoms with Crippen molar-refractivity contribution in [2.75, 3.05) is 13.2 Å². The number of esters is 1. The third-order valence-electron chi connectivity index (χ3n) is 4.32. The summed E-state index contributed by atoms with van der Waals surface area (Å²) >= 11 is 4.94. The molecule has 0 spiro atoms. The number of nitrogens with one attached hydrogen (secondary N) is 3. The monoisotopic (exact) mass is 457 g/mol. The third kappa shape index (κ3) is 10.0. The van der Waals surface area contributed by atoms with Crippen LogP contribution in [0.1, 0.15) is 30.9 Å². The van der Waals surface area contributed by atoms with Crippen LogP contribution in [0.4, 0.5) is 0 Å². The van der Waals surface area contributed by atoms with Crippen molar-refractivity contribution in [3.05, 3.63) is 65.7 Å². The van der Waals surface area contributed by atoms with Crippen LogP contribution in [0, 0.1) is 0 Å². The molecule has 0 aliphatic heterocycles. The highest BCUT2D eigenvalue weighted by Gasteiger charge is 2.10. The summed E-state index contributed by atoms with van der Waals surface area (Å²) in [6.45, 7) is 2.08. The minimum Gasteiger partial charge on any atom is -0.484 e. The van der Waals surface area contributed by atoms with Crippen LogP contribution in [-0.4, -0.2) is 36.1 Å². The summed E-state index contributed by atoms with van der Waals surface area (Å²) in [5.74, 6) is -0.830. The number of ether oxygens (including phenoxy) is 2. The summed E-state index contributed by atoms with van der Waals surface area (Å²) in [5, 5.41) is 2.29. The molecule has 2 aromatic carbocycles. The highest BCUT2D eigenvalue weighted by Crippen LogP contribution is 2.12. The summed E-state index contributed by atoms with van der Waals surface area (Å²) in [4.78, 5) is 35.4. The number of hydrogen-bond donors (Lipinski definition) is 3. The molecule has 2 aromatic rings. The van der Waals surface area contributed by atoms with E-state index < -0.39 is 17.8 Å². The number of thiocarbonyl (C=S) groups is 1. The van der Waals surface area contributed by atoms with Gasteiger partial charge in [-0.15, -0.1) is 0 Å². The number of carbonyl (C=O) groups excluding carboxylic acids is 3. The normalized spacial score (nSPS) is 10.0. The molecule has 0 aromatic heterocycles. The third-order valence-corrected chi connectivity index (χ3v) is 4.53. The second kappa shape index (κ2) is 13.8. The number of aryl methyl sites for hydroxylation is 1. The number of amides is 2. The molecule has 0 saturated heterocycles. The van der Waals surface area contributed by atoms with Gasteiger partial charge in [0, 0.05) is 12.8 Å². The Labute approximate surface area is 192 Å². The highest BCUT2D eigenvalue weighted by atomic mass is 32.1. The van der Waals surface area contributed by atoms with Gasteiger partial charge >= 0.3 is 5.97 Å². The van der Waals surface area contributed by atoms with Crippen LogP contribution in [0.25, 0.3) is 0 Å². The second-order valence-electron chi connectivity index (χ2n) is 6.79. The van der Waals surface area contributed by atoms with Crippen molar-refractivity contribution in [1.82, 2.24) is 16.2 Å². The fourth-order valence-electron chi connectivity index (χ4n) is 2.57. The topological polar surface area (TPSA) is 106 Å². The first kappa shape index (κ1) is 24.8. The first-order valence-electron chi connectivity index (χ1n) is 10.3. The molecule has 8 nitrogen and oxygen atoms in total. The van der Waals surface area contributed by atoms with Gasteiger partial charge in [0.1, 0.15) is 5.75 Å². The van der Waals surface area contributed by atoms with Gasteiger partial charge in [-0.3, -0.25) is 25.2 Å². The summed E-state index contributed by atoms with van der Waals surface area (Å²) in [6, 6.07) is 17.1. The average Bonchev–Trinajstić information content (AvgIpc) is 2.81. The molecule has 2 rings (SSSR count). The van der Waals surface area contributed by atoms with E-state index in [1.165, 1.54) is 5.56 Å². The summed E-state index contributed by atoms with van der Waals surface area (Å²) in [7, 11) is 0. The van der Waals surface area contributed by atoms with Gasteiger partial charge < -0.3 is 14.8 Å². The molecular weight excluding hydrogens is 430 g/mol. The number of hydrogen-bond acceptors (Lipinski definition) is 6. The maximum Gasteiger partial charge on any atom is 0.306 e. The van der Waals surface area contributed by atoms with E-state index in [1.54, 1.807) is 12.1 Å². The Hall–Kier alpha value is -3.46. The lowest BCUT2D eigenvalue weighted by Crippen LogP contribution is -2.49. The van der Waals surface area contributed by atoms with Crippen LogP contribution in [-0.2, 0) is 32.0 Å². The van der Waals surface area contributed by atoms with E-state index >= 15 is 0 Å². The standard InChI is InChI=1S/C23H27N3O5S/c1-2-17-8-10-19(11-9-17)31-16-21(28)25-26-23(32)24-20(27)12-13-22(29)30-15-14-18-6-4-3-5-7-18/h3-11H,2,12-16H2,1H3,(H,25,28)(H2,24,26,27,32). The maximum absolute atomic E-state index is 11.9. The van der Waals surface area contributed by atoms with Gasteiger partial charge in [-0.05, 0) is 41.9 Å². The molecule has 0 radical (unpaired) electrons. The molecule has 0 aliphatic carbocycles. The molecule has 0 fully saturated rings. The van der Waals surface area contributed by atoms with E-state index in [1.807, 2.05) is 42.5 Å². The molecule has 0 bridgehead atoms. The Morgan fingerprint density at radius 1 is 0.875 bits per heavy atom. The van der Waals surface area contributed by atoms with Crippen molar-refractivity contribution in [2.45, 2.75) is 32.6 Å². The van der Waals surface area contributed by atoms with Gasteiger partial charge in [-0.25, -0.2) is 0 Å². The average molecular weight is 458 g/mol. The summed E-state index contributed by atoms with van der Waals surface area (Å²) < 4.78 is 10.5. The molecule has 9 heteroatoms. The van der Waals surface area contributed by atoms with Crippen LogP contribution in [0.3, 0.4) is 0 Å². The zero-order valence-corrected chi connectivity index (χ0v) is 18.7. The predicted molar refractivity (Wildman–Crippen MR) is 124 cm³/mol. The Morgan fingerprint density at radius 2 is 1.59 bits per heavy atom. The van der Waals surface area contributed by atoms with Crippen molar-refractivity contribution in [1.29, 1.82) is 0 Å². The molecule has 0 aliphatic rings. The first-order valence-corrected chi connectivity index (χ1v) is 10.7. The fraction of sp³-hybridized carbons (Fsp3) is 0.304. The van der Waals surface area contributed by atoms with E-state index in [2.05, 4.69) is 23.1 Å². The Balaban J connectivity index is 1.55. The Kier molecular flexibility index (Phi) is 10.7. The van der Waals surface area contributed by atoms with Crippen LogP contribution in [0.2, 0.25) is 0 Å². The van der Waals surface area contributed by atoms with Crippen LogP contribution >= 0.6 is 12.2 Å². The second-order valence-corrected chi connectivity index (χ2v) is 7.20. The SMILES string of the molecule is CCc1ccc(OCC(=O)NNC(=S)NC(=O)CCC(=O)OCCc2ccccc2)cc1. The van der Waals surface area contributed by atoms with Crippen molar-refractivity contribution in [3.8, 4) is 5.75 Å². The van der Waals surface area contributed by atoms with E-state index in [9.17, 15) is 14.4 Å². The van der Waals surface area contributed by atoms with E-state index in [0.717, 1.165) is 12.0 Å². The van der Waals surface area contributed by atoms with Crippen molar-refractivity contribution in [2.24, 2.45) is 0 Å². The Bertz CT molecular complexity index is 904. The van der Waals surface area contributed by atoms with Crippen LogP contribution < -0.4 is 20.9 Å².